The fourth-order valence-electron chi connectivity index (χ4n) is 8.41. The van der Waals surface area contributed by atoms with Crippen molar-refractivity contribution in [2.75, 3.05) is 0 Å². The minimum Gasteiger partial charge on any atom is -0.487 e. The van der Waals surface area contributed by atoms with Gasteiger partial charge < -0.3 is 9.47 Å². The van der Waals surface area contributed by atoms with Gasteiger partial charge in [0.15, 0.2) is 0 Å². The van der Waals surface area contributed by atoms with E-state index < -0.39 is 0 Å². The molecule has 0 unspecified atom stereocenters. The fourth-order valence-corrected chi connectivity index (χ4v) is 8.41. The number of fused-ring (bicyclic) bond motifs is 1. The van der Waals surface area contributed by atoms with Gasteiger partial charge in [-0.05, 0) is 144 Å². The summed E-state index contributed by atoms with van der Waals surface area (Å²) in [5, 5.41) is 0. The molecule has 0 radical (unpaired) electrons. The zero-order chi connectivity index (χ0) is 38.6. The molecular formula is C49H76O3. The van der Waals surface area contributed by atoms with E-state index in [1.165, 1.54) is 92.9 Å². The van der Waals surface area contributed by atoms with Gasteiger partial charge in [-0.2, -0.15) is 0 Å². The Morgan fingerprint density at radius 2 is 1.42 bits per heavy atom. The number of carbonyl (C=O) groups excluding carboxylic acids is 1. The maximum atomic E-state index is 13.1. The molecule has 0 bridgehead atoms. The molecule has 1 aliphatic carbocycles. The van der Waals surface area contributed by atoms with Gasteiger partial charge in [-0.3, -0.25) is 0 Å². The summed E-state index contributed by atoms with van der Waals surface area (Å²) in [5.41, 5.74) is 9.38. The molecule has 0 spiro atoms. The van der Waals surface area contributed by atoms with Gasteiger partial charge in [0.2, 0.25) is 0 Å². The minimum absolute atomic E-state index is 0.156. The monoisotopic (exact) mass is 713 g/mol. The lowest BCUT2D eigenvalue weighted by Crippen LogP contribution is -2.37. The molecule has 1 aromatic rings. The third-order valence-corrected chi connectivity index (χ3v) is 12.2. The van der Waals surface area contributed by atoms with Crippen molar-refractivity contribution in [3.05, 3.63) is 81.0 Å². The average molecular weight is 713 g/mol. The van der Waals surface area contributed by atoms with Gasteiger partial charge in [-0.1, -0.05) is 128 Å². The molecule has 0 saturated carbocycles. The van der Waals surface area contributed by atoms with E-state index in [1.54, 1.807) is 6.08 Å². The summed E-state index contributed by atoms with van der Waals surface area (Å²) >= 11 is 0. The Hall–Kier alpha value is -2.81. The summed E-state index contributed by atoms with van der Waals surface area (Å²) < 4.78 is 12.9. The SMILES string of the molecule is CC1=C(/C=C/C(C)=C\C=C\C(C)=C\C(=O)Oc2c(C)c(C)c3c(c2C)CC[C@@](C)(CCC[C@H](C)CCC[C@H](C)CCCC(C)C)O3)C(C)(C)CCC1. The second kappa shape index (κ2) is 20.0. The molecule has 3 heteroatoms. The molecule has 0 saturated heterocycles. The summed E-state index contributed by atoms with van der Waals surface area (Å²) in [6.07, 6.45) is 29.5. The van der Waals surface area contributed by atoms with Gasteiger partial charge >= 0.3 is 5.97 Å². The van der Waals surface area contributed by atoms with Crippen LogP contribution in [0, 0.1) is 43.9 Å². The molecule has 0 aromatic heterocycles. The smallest absolute Gasteiger partial charge is 0.336 e. The maximum absolute atomic E-state index is 13.1. The normalized spacial score (nSPS) is 20.8. The molecule has 290 valence electrons. The zero-order valence-corrected chi connectivity index (χ0v) is 35.8. The molecule has 2 aliphatic rings. The Bertz CT molecular complexity index is 1510. The third kappa shape index (κ3) is 13.2. The topological polar surface area (TPSA) is 35.5 Å². The first-order chi connectivity index (χ1) is 24.4. The number of esters is 1. The number of rotatable bonds is 18. The van der Waals surface area contributed by atoms with Crippen LogP contribution in [0.3, 0.4) is 0 Å². The summed E-state index contributed by atoms with van der Waals surface area (Å²) in [4.78, 5) is 13.1. The van der Waals surface area contributed by atoms with Crippen molar-refractivity contribution in [1.82, 2.24) is 0 Å². The van der Waals surface area contributed by atoms with E-state index in [9.17, 15) is 4.79 Å². The first-order valence-electron chi connectivity index (χ1n) is 20.9. The first kappa shape index (κ1) is 43.6. The van der Waals surface area contributed by atoms with Gasteiger partial charge in [0.05, 0.1) is 0 Å². The molecule has 0 fully saturated rings. The number of ether oxygens (including phenoxy) is 2. The fraction of sp³-hybridized carbons (Fsp3) is 0.653. The Labute approximate surface area is 320 Å². The van der Waals surface area contributed by atoms with Gasteiger partial charge in [-0.15, -0.1) is 0 Å². The zero-order valence-electron chi connectivity index (χ0n) is 35.8. The van der Waals surface area contributed by atoms with E-state index in [4.69, 9.17) is 9.47 Å². The lowest BCUT2D eigenvalue weighted by molar-refractivity contribution is -0.129. The second-order valence-corrected chi connectivity index (χ2v) is 18.3. The van der Waals surface area contributed by atoms with Crippen LogP contribution in [0.25, 0.3) is 0 Å². The molecule has 3 atom stereocenters. The third-order valence-electron chi connectivity index (χ3n) is 12.2. The van der Waals surface area contributed by atoms with Crippen LogP contribution in [-0.4, -0.2) is 11.6 Å². The van der Waals surface area contributed by atoms with Crippen LogP contribution in [0.15, 0.2) is 58.7 Å². The molecule has 0 amide bonds. The van der Waals surface area contributed by atoms with Crippen LogP contribution < -0.4 is 9.47 Å². The van der Waals surface area contributed by atoms with E-state index in [-0.39, 0.29) is 17.0 Å². The van der Waals surface area contributed by atoms with E-state index in [0.29, 0.717) is 5.75 Å². The highest BCUT2D eigenvalue weighted by Crippen LogP contribution is 2.45. The molecule has 3 rings (SSSR count). The maximum Gasteiger partial charge on any atom is 0.336 e. The van der Waals surface area contributed by atoms with Gasteiger partial charge in [-0.25, -0.2) is 4.79 Å². The number of allylic oxidation sites excluding steroid dienone is 9. The number of carbonyl (C=O) groups is 1. The highest BCUT2D eigenvalue weighted by Gasteiger charge is 2.35. The second-order valence-electron chi connectivity index (χ2n) is 18.3. The van der Waals surface area contributed by atoms with E-state index in [2.05, 4.69) is 101 Å². The molecule has 1 aromatic carbocycles. The molecule has 3 nitrogen and oxygen atoms in total. The van der Waals surface area contributed by atoms with Crippen LogP contribution in [0.5, 0.6) is 11.5 Å². The predicted molar refractivity (Wildman–Crippen MR) is 224 cm³/mol. The van der Waals surface area contributed by atoms with Crippen LogP contribution in [-0.2, 0) is 11.2 Å². The highest BCUT2D eigenvalue weighted by atomic mass is 16.5. The Morgan fingerprint density at radius 1 is 0.788 bits per heavy atom. The first-order valence-corrected chi connectivity index (χ1v) is 20.9. The summed E-state index contributed by atoms with van der Waals surface area (Å²) in [6.45, 7) is 29.1. The van der Waals surface area contributed by atoms with Crippen LogP contribution in [0.1, 0.15) is 175 Å². The quantitative estimate of drug-likeness (QED) is 0.0658. The van der Waals surface area contributed by atoms with E-state index in [0.717, 1.165) is 65.0 Å². The lowest BCUT2D eigenvalue weighted by Gasteiger charge is -2.38. The predicted octanol–water partition coefficient (Wildman–Crippen LogP) is 14.6. The molecule has 52 heavy (non-hydrogen) atoms. The van der Waals surface area contributed by atoms with Crippen molar-refractivity contribution in [2.24, 2.45) is 23.2 Å². The molecule has 1 heterocycles. The number of hydrogen-bond acceptors (Lipinski definition) is 3. The highest BCUT2D eigenvalue weighted by molar-refractivity contribution is 5.86. The summed E-state index contributed by atoms with van der Waals surface area (Å²) in [7, 11) is 0. The van der Waals surface area contributed by atoms with Gasteiger partial charge in [0, 0.05) is 11.6 Å². The van der Waals surface area contributed by atoms with Crippen molar-refractivity contribution in [2.45, 2.75) is 186 Å². The molecule has 1 aliphatic heterocycles. The van der Waals surface area contributed by atoms with Crippen LogP contribution >= 0.6 is 0 Å². The largest absolute Gasteiger partial charge is 0.487 e. The van der Waals surface area contributed by atoms with Crippen molar-refractivity contribution in [3.63, 3.8) is 0 Å². The molecule has 0 N–H and O–H groups in total. The minimum atomic E-state index is -0.341. The van der Waals surface area contributed by atoms with Crippen molar-refractivity contribution in [1.29, 1.82) is 0 Å². The van der Waals surface area contributed by atoms with Crippen molar-refractivity contribution < 1.29 is 14.3 Å². The standard InChI is InChI=1S/C49H76O3/c1-34(2)19-14-20-35(3)21-15-22-36(4)25-17-31-49(13)32-29-43-42(10)46(40(8)41(9)47(43)52-49)51-45(50)33-38(6)24-16-23-37(5)27-28-44-39(7)26-18-30-48(44,11)12/h16,23-24,27-28,33-36H,14-15,17-22,25-26,29-32H2,1-13H3/b24-16+,28-27+,37-23-,38-33+/t35-,36-,49-/m1/s1. The Balaban J connectivity index is 1.54. The van der Waals surface area contributed by atoms with Crippen LogP contribution in [0.4, 0.5) is 0 Å². The Morgan fingerprint density at radius 3 is 2.06 bits per heavy atom. The molecular weight excluding hydrogens is 637 g/mol. The van der Waals surface area contributed by atoms with E-state index in [1.807, 2.05) is 19.1 Å². The summed E-state index contributed by atoms with van der Waals surface area (Å²) in [5.74, 6) is 3.80. The van der Waals surface area contributed by atoms with E-state index >= 15 is 0 Å². The van der Waals surface area contributed by atoms with Crippen molar-refractivity contribution >= 4 is 5.97 Å². The van der Waals surface area contributed by atoms with Gasteiger partial charge in [0.25, 0.3) is 0 Å². The van der Waals surface area contributed by atoms with Gasteiger partial charge in [0.1, 0.15) is 17.1 Å². The Kier molecular flexibility index (Phi) is 16.8. The van der Waals surface area contributed by atoms with Crippen LogP contribution in [0.2, 0.25) is 0 Å². The number of hydrogen-bond donors (Lipinski definition) is 0. The average Bonchev–Trinajstić information content (AvgIpc) is 3.05. The summed E-state index contributed by atoms with van der Waals surface area (Å²) in [6, 6.07) is 0. The van der Waals surface area contributed by atoms with Crippen molar-refractivity contribution in [3.8, 4) is 11.5 Å². The lowest BCUT2D eigenvalue weighted by atomic mass is 9.72. The number of benzene rings is 1.